The fourth-order valence-electron chi connectivity index (χ4n) is 1.44. The molecule has 1 N–H and O–H groups in total. The lowest BCUT2D eigenvalue weighted by atomic mass is 10.2. The number of hydrogen-bond acceptors (Lipinski definition) is 4. The molecule has 0 aliphatic rings. The minimum Gasteiger partial charge on any atom is -0.373 e. The van der Waals surface area contributed by atoms with Gasteiger partial charge in [0, 0.05) is 25.8 Å². The van der Waals surface area contributed by atoms with Crippen LogP contribution in [0.1, 0.15) is 18.9 Å². The van der Waals surface area contributed by atoms with Gasteiger partial charge in [0.25, 0.3) is 0 Å². The molecule has 0 aliphatic heterocycles. The second-order valence-electron chi connectivity index (χ2n) is 3.93. The van der Waals surface area contributed by atoms with Gasteiger partial charge in [-0.3, -0.25) is 4.90 Å². The molecule has 0 bridgehead atoms. The van der Waals surface area contributed by atoms with Gasteiger partial charge in [-0.2, -0.15) is 5.26 Å². The van der Waals surface area contributed by atoms with Gasteiger partial charge in [-0.05, 0) is 31.7 Å². The van der Waals surface area contributed by atoms with Crippen molar-refractivity contribution in [2.75, 3.05) is 19.4 Å². The topological polar surface area (TPSA) is 52.0 Å². The molecule has 1 aromatic rings. The summed E-state index contributed by atoms with van der Waals surface area (Å²) in [5.74, 6) is 0.874. The normalized spacial score (nSPS) is 12.2. The van der Waals surface area contributed by atoms with E-state index in [4.69, 9.17) is 5.26 Å². The third kappa shape index (κ3) is 3.52. The standard InChI is InChI=1S/C12H18N4/c1-10(4-6-13)16(3)9-11-5-7-15-12(8-11)14-2/h5,7-8,10H,4,9H2,1-3H3,(H,14,15). The Bertz CT molecular complexity index is 370. The van der Waals surface area contributed by atoms with E-state index in [-0.39, 0.29) is 6.04 Å². The van der Waals surface area contributed by atoms with E-state index in [2.05, 4.69) is 28.2 Å². The van der Waals surface area contributed by atoms with Crippen molar-refractivity contribution in [3.05, 3.63) is 23.9 Å². The maximum absolute atomic E-state index is 8.64. The van der Waals surface area contributed by atoms with Crippen molar-refractivity contribution in [1.29, 1.82) is 5.26 Å². The van der Waals surface area contributed by atoms with Gasteiger partial charge in [0.15, 0.2) is 0 Å². The molecule has 0 aromatic carbocycles. The zero-order valence-electron chi connectivity index (χ0n) is 10.1. The molecule has 16 heavy (non-hydrogen) atoms. The van der Waals surface area contributed by atoms with Gasteiger partial charge < -0.3 is 5.32 Å². The van der Waals surface area contributed by atoms with Gasteiger partial charge in [0.05, 0.1) is 12.5 Å². The van der Waals surface area contributed by atoms with E-state index in [0.717, 1.165) is 12.4 Å². The van der Waals surface area contributed by atoms with Gasteiger partial charge in [-0.25, -0.2) is 4.98 Å². The molecule has 0 spiro atoms. The van der Waals surface area contributed by atoms with Crippen LogP contribution in [0.25, 0.3) is 0 Å². The number of anilines is 1. The fourth-order valence-corrected chi connectivity index (χ4v) is 1.44. The summed E-state index contributed by atoms with van der Waals surface area (Å²) < 4.78 is 0. The molecular weight excluding hydrogens is 200 g/mol. The number of hydrogen-bond donors (Lipinski definition) is 1. The molecule has 0 amide bonds. The average Bonchev–Trinajstić information content (AvgIpc) is 2.29. The van der Waals surface area contributed by atoms with Crippen LogP contribution in [0.2, 0.25) is 0 Å². The minimum atomic E-state index is 0.274. The molecule has 4 nitrogen and oxygen atoms in total. The maximum Gasteiger partial charge on any atom is 0.125 e. The molecular formula is C12H18N4. The van der Waals surface area contributed by atoms with Crippen LogP contribution >= 0.6 is 0 Å². The predicted molar refractivity (Wildman–Crippen MR) is 64.9 cm³/mol. The summed E-state index contributed by atoms with van der Waals surface area (Å²) in [6.45, 7) is 2.89. The number of aromatic nitrogens is 1. The SMILES string of the molecule is CNc1cc(CN(C)C(C)CC#N)ccn1. The molecule has 0 fully saturated rings. The van der Waals surface area contributed by atoms with E-state index in [1.165, 1.54) is 5.56 Å². The van der Waals surface area contributed by atoms with Crippen LogP contribution in [-0.2, 0) is 6.54 Å². The van der Waals surface area contributed by atoms with E-state index in [1.54, 1.807) is 6.20 Å². The maximum atomic E-state index is 8.64. The Kier molecular flexibility index (Phi) is 4.74. The predicted octanol–water partition coefficient (Wildman–Crippen LogP) is 1.86. The summed E-state index contributed by atoms with van der Waals surface area (Å²) in [6, 6.07) is 6.48. The van der Waals surface area contributed by atoms with Gasteiger partial charge in [0.1, 0.15) is 5.82 Å². The molecule has 86 valence electrons. The molecule has 1 aromatic heterocycles. The number of nitrogens with zero attached hydrogens (tertiary/aromatic N) is 3. The van der Waals surface area contributed by atoms with Crippen molar-refractivity contribution >= 4 is 5.82 Å². The van der Waals surface area contributed by atoms with Crippen molar-refractivity contribution in [3.8, 4) is 6.07 Å². The van der Waals surface area contributed by atoms with Crippen LogP contribution < -0.4 is 5.32 Å². The summed E-state index contributed by atoms with van der Waals surface area (Å²) in [6.07, 6.45) is 2.35. The largest absolute Gasteiger partial charge is 0.373 e. The summed E-state index contributed by atoms with van der Waals surface area (Å²) in [7, 11) is 3.88. The zero-order valence-corrected chi connectivity index (χ0v) is 10.1. The first-order valence-electron chi connectivity index (χ1n) is 5.37. The highest BCUT2D eigenvalue weighted by atomic mass is 15.1. The lowest BCUT2D eigenvalue weighted by molar-refractivity contribution is 0.252. The highest BCUT2D eigenvalue weighted by Gasteiger charge is 2.09. The Hall–Kier alpha value is -1.60. The molecule has 4 heteroatoms. The first kappa shape index (κ1) is 12.5. The zero-order chi connectivity index (χ0) is 12.0. The average molecular weight is 218 g/mol. The van der Waals surface area contributed by atoms with Crippen LogP contribution in [0.3, 0.4) is 0 Å². The third-order valence-electron chi connectivity index (χ3n) is 2.65. The fraction of sp³-hybridized carbons (Fsp3) is 0.500. The molecule has 0 saturated carbocycles. The van der Waals surface area contributed by atoms with E-state index < -0.39 is 0 Å². The molecule has 0 radical (unpaired) electrons. The van der Waals surface area contributed by atoms with Crippen molar-refractivity contribution in [2.45, 2.75) is 25.9 Å². The second-order valence-corrected chi connectivity index (χ2v) is 3.93. The second kappa shape index (κ2) is 6.09. The Labute approximate surface area is 96.9 Å². The molecule has 0 aliphatic carbocycles. The smallest absolute Gasteiger partial charge is 0.125 e. The van der Waals surface area contributed by atoms with Crippen LogP contribution in [0.4, 0.5) is 5.82 Å². The molecule has 1 heterocycles. The van der Waals surface area contributed by atoms with Crippen molar-refractivity contribution < 1.29 is 0 Å². The molecule has 1 unspecified atom stereocenters. The third-order valence-corrected chi connectivity index (χ3v) is 2.65. The summed E-state index contributed by atoms with van der Waals surface area (Å²) in [5.41, 5.74) is 1.20. The van der Waals surface area contributed by atoms with Crippen molar-refractivity contribution in [1.82, 2.24) is 9.88 Å². The highest BCUT2D eigenvalue weighted by molar-refractivity contribution is 5.36. The first-order chi connectivity index (χ1) is 7.67. The lowest BCUT2D eigenvalue weighted by Gasteiger charge is -2.22. The Morgan fingerprint density at radius 3 is 3.00 bits per heavy atom. The van der Waals surface area contributed by atoms with Gasteiger partial charge >= 0.3 is 0 Å². The Morgan fingerprint density at radius 1 is 1.62 bits per heavy atom. The number of rotatable bonds is 5. The van der Waals surface area contributed by atoms with Crippen LogP contribution in [-0.4, -0.2) is 30.0 Å². The van der Waals surface area contributed by atoms with E-state index in [0.29, 0.717) is 6.42 Å². The van der Waals surface area contributed by atoms with Crippen LogP contribution in [0, 0.1) is 11.3 Å². The van der Waals surface area contributed by atoms with Gasteiger partial charge in [0.2, 0.25) is 0 Å². The molecule has 1 atom stereocenters. The van der Waals surface area contributed by atoms with Crippen molar-refractivity contribution in [2.24, 2.45) is 0 Å². The van der Waals surface area contributed by atoms with Crippen LogP contribution in [0.15, 0.2) is 18.3 Å². The Balaban J connectivity index is 2.62. The summed E-state index contributed by atoms with van der Waals surface area (Å²) in [5, 5.41) is 11.7. The minimum absolute atomic E-state index is 0.274. The van der Waals surface area contributed by atoms with Gasteiger partial charge in [-0.15, -0.1) is 0 Å². The molecule has 1 rings (SSSR count). The van der Waals surface area contributed by atoms with E-state index >= 15 is 0 Å². The van der Waals surface area contributed by atoms with E-state index in [1.807, 2.05) is 26.2 Å². The highest BCUT2D eigenvalue weighted by Crippen LogP contribution is 2.10. The quantitative estimate of drug-likeness (QED) is 0.819. The van der Waals surface area contributed by atoms with E-state index in [9.17, 15) is 0 Å². The van der Waals surface area contributed by atoms with Crippen molar-refractivity contribution in [3.63, 3.8) is 0 Å². The first-order valence-corrected chi connectivity index (χ1v) is 5.37. The van der Waals surface area contributed by atoms with Gasteiger partial charge in [-0.1, -0.05) is 0 Å². The lowest BCUT2D eigenvalue weighted by Crippen LogP contribution is -2.28. The van der Waals surface area contributed by atoms with Crippen LogP contribution in [0.5, 0.6) is 0 Å². The number of nitrogens with one attached hydrogen (secondary N) is 1. The summed E-state index contributed by atoms with van der Waals surface area (Å²) in [4.78, 5) is 6.33. The summed E-state index contributed by atoms with van der Waals surface area (Å²) >= 11 is 0. The number of pyridine rings is 1. The number of nitriles is 1. The Morgan fingerprint density at radius 2 is 2.38 bits per heavy atom. The molecule has 0 saturated heterocycles. The monoisotopic (exact) mass is 218 g/mol.